The van der Waals surface area contributed by atoms with Gasteiger partial charge in [-0.05, 0) is 32.9 Å². The van der Waals surface area contributed by atoms with Crippen molar-refractivity contribution >= 4 is 11.6 Å². The molecular weight excluding hydrogens is 257 g/mol. The summed E-state index contributed by atoms with van der Waals surface area (Å²) in [5.41, 5.74) is 6.39. The van der Waals surface area contributed by atoms with E-state index in [2.05, 4.69) is 0 Å². The van der Waals surface area contributed by atoms with Gasteiger partial charge in [0.15, 0.2) is 0 Å². The van der Waals surface area contributed by atoms with Crippen LogP contribution in [0.4, 0.5) is 10.1 Å². The quantitative estimate of drug-likeness (QED) is 0.899. The van der Waals surface area contributed by atoms with Crippen LogP contribution in [0.2, 0.25) is 0 Å². The third-order valence-corrected chi connectivity index (χ3v) is 3.98. The Bertz CT molecular complexity index is 528. The molecule has 1 aliphatic rings. The standard InChI is InChI=1S/C15H22FN3O/c1-10(17)13-11(16)6-5-7-12(13)19-9-8-18(4)14(20)15(19,2)3/h5-7,10H,8-9,17H2,1-4H3/t10-/m0/s1. The SMILES string of the molecule is C[C@H](N)c1c(F)cccc1N1CCN(C)C(=O)C1(C)C. The number of carbonyl (C=O) groups is 1. The molecular formula is C15H22FN3O. The molecule has 0 radical (unpaired) electrons. The van der Waals surface area contributed by atoms with Gasteiger partial charge in [-0.1, -0.05) is 6.07 Å². The number of nitrogens with zero attached hydrogens (tertiary/aromatic N) is 2. The number of nitrogens with two attached hydrogens (primary N) is 1. The number of carbonyl (C=O) groups excluding carboxylic acids is 1. The summed E-state index contributed by atoms with van der Waals surface area (Å²) in [6, 6.07) is 4.49. The van der Waals surface area contributed by atoms with E-state index in [1.54, 1.807) is 24.9 Å². The number of benzene rings is 1. The van der Waals surface area contributed by atoms with Gasteiger partial charge in [-0.15, -0.1) is 0 Å². The van der Waals surface area contributed by atoms with Crippen LogP contribution in [0.3, 0.4) is 0 Å². The maximum atomic E-state index is 14.1. The first-order valence-electron chi connectivity index (χ1n) is 6.84. The minimum atomic E-state index is -0.704. The molecule has 0 aliphatic carbocycles. The fraction of sp³-hybridized carbons (Fsp3) is 0.533. The number of halogens is 1. The highest BCUT2D eigenvalue weighted by Crippen LogP contribution is 2.34. The summed E-state index contributed by atoms with van der Waals surface area (Å²) in [5, 5.41) is 0. The first-order chi connectivity index (χ1) is 9.26. The van der Waals surface area contributed by atoms with Crippen LogP contribution in [0.25, 0.3) is 0 Å². The molecule has 1 fully saturated rings. The monoisotopic (exact) mass is 279 g/mol. The van der Waals surface area contributed by atoms with Crippen LogP contribution in [0.5, 0.6) is 0 Å². The van der Waals surface area contributed by atoms with Crippen molar-refractivity contribution in [2.75, 3.05) is 25.0 Å². The van der Waals surface area contributed by atoms with Crippen LogP contribution >= 0.6 is 0 Å². The molecule has 5 heteroatoms. The average Bonchev–Trinajstić information content (AvgIpc) is 2.35. The van der Waals surface area contributed by atoms with E-state index in [4.69, 9.17) is 5.73 Å². The van der Waals surface area contributed by atoms with Gasteiger partial charge in [-0.25, -0.2) is 4.39 Å². The number of hydrogen-bond acceptors (Lipinski definition) is 3. The Labute approximate surface area is 119 Å². The van der Waals surface area contributed by atoms with Gasteiger partial charge in [-0.2, -0.15) is 0 Å². The fourth-order valence-corrected chi connectivity index (χ4v) is 2.85. The number of amides is 1. The Morgan fingerprint density at radius 1 is 1.35 bits per heavy atom. The van der Waals surface area contributed by atoms with Crippen molar-refractivity contribution in [3.05, 3.63) is 29.6 Å². The van der Waals surface area contributed by atoms with Gasteiger partial charge in [-0.3, -0.25) is 4.79 Å². The molecule has 1 amide bonds. The van der Waals surface area contributed by atoms with Gasteiger partial charge >= 0.3 is 0 Å². The zero-order chi connectivity index (χ0) is 15.1. The lowest BCUT2D eigenvalue weighted by Gasteiger charge is -2.47. The molecule has 2 rings (SSSR count). The Balaban J connectivity index is 2.52. The summed E-state index contributed by atoms with van der Waals surface area (Å²) in [6.45, 7) is 6.77. The molecule has 110 valence electrons. The van der Waals surface area contributed by atoms with Crippen LogP contribution in [0.15, 0.2) is 18.2 Å². The highest BCUT2D eigenvalue weighted by Gasteiger charge is 2.41. The van der Waals surface area contributed by atoms with E-state index in [1.165, 1.54) is 6.07 Å². The Kier molecular flexibility index (Phi) is 3.73. The first kappa shape index (κ1) is 14.8. The van der Waals surface area contributed by atoms with Crippen molar-refractivity contribution in [3.63, 3.8) is 0 Å². The van der Waals surface area contributed by atoms with E-state index in [0.29, 0.717) is 24.3 Å². The molecule has 4 nitrogen and oxygen atoms in total. The molecule has 1 aliphatic heterocycles. The Morgan fingerprint density at radius 3 is 2.60 bits per heavy atom. The molecule has 2 N–H and O–H groups in total. The van der Waals surface area contributed by atoms with Crippen molar-refractivity contribution in [2.24, 2.45) is 5.73 Å². The summed E-state index contributed by atoms with van der Waals surface area (Å²) in [4.78, 5) is 16.0. The van der Waals surface area contributed by atoms with Gasteiger partial charge in [0.2, 0.25) is 5.91 Å². The van der Waals surface area contributed by atoms with Crippen LogP contribution in [-0.4, -0.2) is 36.5 Å². The van der Waals surface area contributed by atoms with Crippen LogP contribution in [-0.2, 0) is 4.79 Å². The minimum Gasteiger partial charge on any atom is -0.355 e. The second-order valence-electron chi connectivity index (χ2n) is 5.90. The highest BCUT2D eigenvalue weighted by atomic mass is 19.1. The zero-order valence-corrected chi connectivity index (χ0v) is 12.5. The topological polar surface area (TPSA) is 49.6 Å². The maximum Gasteiger partial charge on any atom is 0.247 e. The molecule has 0 unspecified atom stereocenters. The Hall–Kier alpha value is -1.62. The summed E-state index contributed by atoms with van der Waals surface area (Å²) in [7, 11) is 1.79. The van der Waals surface area contributed by atoms with Crippen molar-refractivity contribution in [2.45, 2.75) is 32.4 Å². The molecule has 0 aromatic heterocycles. The summed E-state index contributed by atoms with van der Waals surface area (Å²) >= 11 is 0. The number of piperazine rings is 1. The molecule has 20 heavy (non-hydrogen) atoms. The third-order valence-electron chi connectivity index (χ3n) is 3.98. The third kappa shape index (κ3) is 2.26. The fourth-order valence-electron chi connectivity index (χ4n) is 2.85. The van der Waals surface area contributed by atoms with Gasteiger partial charge in [0.1, 0.15) is 11.4 Å². The van der Waals surface area contributed by atoms with Crippen molar-refractivity contribution in [1.29, 1.82) is 0 Å². The first-order valence-corrected chi connectivity index (χ1v) is 6.84. The van der Waals surface area contributed by atoms with E-state index in [1.807, 2.05) is 24.8 Å². The van der Waals surface area contributed by atoms with E-state index >= 15 is 0 Å². The number of anilines is 1. The average molecular weight is 279 g/mol. The van der Waals surface area contributed by atoms with Crippen LogP contribution < -0.4 is 10.6 Å². The molecule has 1 aromatic carbocycles. The van der Waals surface area contributed by atoms with Crippen molar-refractivity contribution in [1.82, 2.24) is 4.90 Å². The van der Waals surface area contributed by atoms with Crippen LogP contribution in [0.1, 0.15) is 32.4 Å². The molecule has 1 heterocycles. The lowest BCUT2D eigenvalue weighted by atomic mass is 9.94. The van der Waals surface area contributed by atoms with Gasteiger partial charge in [0, 0.05) is 37.4 Å². The van der Waals surface area contributed by atoms with E-state index in [9.17, 15) is 9.18 Å². The van der Waals surface area contributed by atoms with Crippen molar-refractivity contribution < 1.29 is 9.18 Å². The predicted octanol–water partition coefficient (Wildman–Crippen LogP) is 1.90. The van der Waals surface area contributed by atoms with Gasteiger partial charge < -0.3 is 15.5 Å². The minimum absolute atomic E-state index is 0.0311. The van der Waals surface area contributed by atoms with E-state index < -0.39 is 11.6 Å². The predicted molar refractivity (Wildman–Crippen MR) is 78.1 cm³/mol. The molecule has 0 spiro atoms. The lowest BCUT2D eigenvalue weighted by Crippen LogP contribution is -2.62. The largest absolute Gasteiger partial charge is 0.355 e. The molecule has 1 saturated heterocycles. The number of likely N-dealkylation sites (N-methyl/N-ethyl adjacent to an activating group) is 1. The summed E-state index contributed by atoms with van der Waals surface area (Å²) in [6.07, 6.45) is 0. The normalized spacial score (nSPS) is 20.2. The van der Waals surface area contributed by atoms with E-state index in [0.717, 1.165) is 0 Å². The molecule has 0 bridgehead atoms. The van der Waals surface area contributed by atoms with Gasteiger partial charge in [0.05, 0.1) is 0 Å². The van der Waals surface area contributed by atoms with Gasteiger partial charge in [0.25, 0.3) is 0 Å². The number of hydrogen-bond donors (Lipinski definition) is 1. The lowest BCUT2D eigenvalue weighted by molar-refractivity contribution is -0.136. The molecule has 0 saturated carbocycles. The summed E-state index contributed by atoms with van der Waals surface area (Å²) < 4.78 is 14.1. The molecule has 1 aromatic rings. The van der Waals surface area contributed by atoms with Crippen LogP contribution in [0, 0.1) is 5.82 Å². The molecule has 1 atom stereocenters. The highest BCUT2D eigenvalue weighted by molar-refractivity contribution is 5.90. The van der Waals surface area contributed by atoms with E-state index in [-0.39, 0.29) is 11.7 Å². The zero-order valence-electron chi connectivity index (χ0n) is 12.5. The summed E-state index contributed by atoms with van der Waals surface area (Å²) in [5.74, 6) is -0.289. The van der Waals surface area contributed by atoms with Crippen molar-refractivity contribution in [3.8, 4) is 0 Å². The smallest absolute Gasteiger partial charge is 0.247 e. The second kappa shape index (κ2) is 5.05. The Morgan fingerprint density at radius 2 is 2.00 bits per heavy atom. The second-order valence-corrected chi connectivity index (χ2v) is 5.90. The maximum absolute atomic E-state index is 14.1. The number of rotatable bonds is 2.